The number of aryl methyl sites for hydroxylation is 1. The summed E-state index contributed by atoms with van der Waals surface area (Å²) in [6.45, 7) is 3.56. The van der Waals surface area contributed by atoms with Crippen molar-refractivity contribution >= 4 is 34.4 Å². The van der Waals surface area contributed by atoms with Crippen molar-refractivity contribution in [3.63, 3.8) is 0 Å². The number of amides is 1. The number of para-hydroxylation sites is 1. The Labute approximate surface area is 133 Å². The van der Waals surface area contributed by atoms with Gasteiger partial charge in [0.05, 0.1) is 11.1 Å². The minimum atomic E-state index is -0.725. The molecule has 1 N–H and O–H groups in total. The van der Waals surface area contributed by atoms with Crippen LogP contribution in [0.15, 0.2) is 24.3 Å². The molecule has 0 radical (unpaired) electrons. The molecule has 0 bridgehead atoms. The first-order valence-electron chi connectivity index (χ1n) is 6.80. The molecular formula is C15H18ClN3O3. The van der Waals surface area contributed by atoms with Crippen molar-refractivity contribution in [3.8, 4) is 0 Å². The summed E-state index contributed by atoms with van der Waals surface area (Å²) in [5.41, 5.74) is 0.492. The fourth-order valence-electron chi connectivity index (χ4n) is 2.08. The first-order valence-corrected chi connectivity index (χ1v) is 7.33. The quantitative estimate of drug-likeness (QED) is 0.673. The van der Waals surface area contributed by atoms with Crippen molar-refractivity contribution in [1.29, 1.82) is 0 Å². The summed E-state index contributed by atoms with van der Waals surface area (Å²) in [6, 6.07) is 7.49. The summed E-state index contributed by atoms with van der Waals surface area (Å²) < 4.78 is 6.63. The van der Waals surface area contributed by atoms with Crippen LogP contribution >= 0.6 is 11.6 Å². The smallest absolute Gasteiger partial charge is 0.320 e. The normalized spacial score (nSPS) is 11.5. The van der Waals surface area contributed by atoms with Gasteiger partial charge < -0.3 is 10.1 Å². The maximum Gasteiger partial charge on any atom is 0.320 e. The Hall–Kier alpha value is -2.08. The summed E-state index contributed by atoms with van der Waals surface area (Å²) in [5.74, 6) is -1.05. The lowest BCUT2D eigenvalue weighted by Gasteiger charge is -2.25. The Balaban J connectivity index is 2.15. The van der Waals surface area contributed by atoms with Crippen LogP contribution in [0.25, 0.3) is 10.9 Å². The lowest BCUT2D eigenvalue weighted by molar-refractivity contribution is -0.142. The molecule has 22 heavy (non-hydrogen) atoms. The van der Waals surface area contributed by atoms with Crippen LogP contribution in [-0.4, -0.2) is 39.7 Å². The number of benzene rings is 1. The Bertz CT molecular complexity index is 709. The van der Waals surface area contributed by atoms with E-state index in [1.807, 2.05) is 24.3 Å². The SMILES string of the molecule is Cn1nc(C(=O)NC(C)(C)COC(=O)CCl)c2ccccc21. The van der Waals surface area contributed by atoms with E-state index in [4.69, 9.17) is 16.3 Å². The fraction of sp³-hybridized carbons (Fsp3) is 0.400. The van der Waals surface area contributed by atoms with Gasteiger partial charge in [-0.25, -0.2) is 0 Å². The number of fused-ring (bicyclic) bond motifs is 1. The number of rotatable bonds is 5. The Morgan fingerprint density at radius 3 is 2.73 bits per heavy atom. The van der Waals surface area contributed by atoms with E-state index in [9.17, 15) is 9.59 Å². The third-order valence-corrected chi connectivity index (χ3v) is 3.35. The number of hydrogen-bond donors (Lipinski definition) is 1. The van der Waals surface area contributed by atoms with Gasteiger partial charge in [-0.05, 0) is 19.9 Å². The van der Waals surface area contributed by atoms with Crippen LogP contribution in [0.1, 0.15) is 24.3 Å². The average Bonchev–Trinajstić information content (AvgIpc) is 2.82. The van der Waals surface area contributed by atoms with Crippen molar-refractivity contribution in [1.82, 2.24) is 15.1 Å². The predicted octanol–water partition coefficient (Wildman–Crippen LogP) is 1.86. The van der Waals surface area contributed by atoms with E-state index in [-0.39, 0.29) is 18.4 Å². The molecule has 0 spiro atoms. The summed E-state index contributed by atoms with van der Waals surface area (Å²) in [6.07, 6.45) is 0. The molecule has 1 amide bonds. The third-order valence-electron chi connectivity index (χ3n) is 3.13. The number of aromatic nitrogens is 2. The van der Waals surface area contributed by atoms with Crippen LogP contribution in [0.3, 0.4) is 0 Å². The molecule has 6 nitrogen and oxygen atoms in total. The second kappa shape index (κ2) is 6.36. The van der Waals surface area contributed by atoms with Gasteiger partial charge in [-0.2, -0.15) is 5.10 Å². The predicted molar refractivity (Wildman–Crippen MR) is 83.9 cm³/mol. The van der Waals surface area contributed by atoms with E-state index in [1.165, 1.54) is 0 Å². The number of carbonyl (C=O) groups is 2. The van der Waals surface area contributed by atoms with E-state index in [0.29, 0.717) is 5.69 Å². The molecule has 0 atom stereocenters. The summed E-state index contributed by atoms with van der Waals surface area (Å²) in [5, 5.41) is 7.86. The molecule has 118 valence electrons. The highest BCUT2D eigenvalue weighted by Gasteiger charge is 2.25. The molecule has 0 saturated heterocycles. The molecule has 0 saturated carbocycles. The number of esters is 1. The highest BCUT2D eigenvalue weighted by atomic mass is 35.5. The molecule has 0 aliphatic carbocycles. The van der Waals surface area contributed by atoms with Crippen LogP contribution in [0.4, 0.5) is 0 Å². The van der Waals surface area contributed by atoms with Gasteiger partial charge in [-0.15, -0.1) is 11.6 Å². The van der Waals surface area contributed by atoms with Crippen LogP contribution < -0.4 is 5.32 Å². The number of nitrogens with zero attached hydrogens (tertiary/aromatic N) is 2. The molecule has 0 unspecified atom stereocenters. The maximum atomic E-state index is 12.4. The van der Waals surface area contributed by atoms with Crippen molar-refractivity contribution in [2.45, 2.75) is 19.4 Å². The average molecular weight is 324 g/mol. The molecule has 0 fully saturated rings. The number of hydrogen-bond acceptors (Lipinski definition) is 4. The van der Waals surface area contributed by atoms with E-state index >= 15 is 0 Å². The lowest BCUT2D eigenvalue weighted by atomic mass is 10.1. The van der Waals surface area contributed by atoms with Crippen molar-refractivity contribution < 1.29 is 14.3 Å². The number of nitrogens with one attached hydrogen (secondary N) is 1. The van der Waals surface area contributed by atoms with Gasteiger partial charge in [0.2, 0.25) is 0 Å². The van der Waals surface area contributed by atoms with Gasteiger partial charge in [0.25, 0.3) is 5.91 Å². The fourth-order valence-corrected chi connectivity index (χ4v) is 2.16. The molecule has 2 rings (SSSR count). The molecule has 0 aliphatic rings. The highest BCUT2D eigenvalue weighted by molar-refractivity contribution is 6.26. The third kappa shape index (κ3) is 3.57. The second-order valence-electron chi connectivity index (χ2n) is 5.62. The van der Waals surface area contributed by atoms with Gasteiger partial charge in [0.15, 0.2) is 5.69 Å². The zero-order valence-corrected chi connectivity index (χ0v) is 13.5. The number of alkyl halides is 1. The zero-order chi connectivity index (χ0) is 16.3. The molecule has 1 heterocycles. The highest BCUT2D eigenvalue weighted by Crippen LogP contribution is 2.18. The largest absolute Gasteiger partial charge is 0.462 e. The van der Waals surface area contributed by atoms with E-state index in [0.717, 1.165) is 10.9 Å². The van der Waals surface area contributed by atoms with Crippen LogP contribution in [-0.2, 0) is 16.6 Å². The molecule has 7 heteroatoms. The standard InChI is InChI=1S/C15H18ClN3O3/c1-15(2,9-22-12(20)8-16)17-14(21)13-10-6-4-5-7-11(10)19(3)18-13/h4-7H,8-9H2,1-3H3,(H,17,21). The number of halogens is 1. The maximum absolute atomic E-state index is 12.4. The van der Waals surface area contributed by atoms with Crippen molar-refractivity contribution in [2.24, 2.45) is 7.05 Å². The lowest BCUT2D eigenvalue weighted by Crippen LogP contribution is -2.47. The Morgan fingerprint density at radius 1 is 1.36 bits per heavy atom. The van der Waals surface area contributed by atoms with Crippen molar-refractivity contribution in [2.75, 3.05) is 12.5 Å². The Kier molecular flexibility index (Phi) is 4.71. The summed E-state index contributed by atoms with van der Waals surface area (Å²) in [4.78, 5) is 23.6. The van der Waals surface area contributed by atoms with Crippen molar-refractivity contribution in [3.05, 3.63) is 30.0 Å². The van der Waals surface area contributed by atoms with Gasteiger partial charge in [-0.3, -0.25) is 14.3 Å². The Morgan fingerprint density at radius 2 is 2.05 bits per heavy atom. The number of carbonyl (C=O) groups excluding carboxylic acids is 2. The summed E-state index contributed by atoms with van der Waals surface area (Å²) >= 11 is 5.38. The minimum absolute atomic E-state index is 0.0368. The zero-order valence-electron chi connectivity index (χ0n) is 12.7. The monoisotopic (exact) mass is 323 g/mol. The van der Waals surface area contributed by atoms with Gasteiger partial charge in [0, 0.05) is 12.4 Å². The molecule has 2 aromatic rings. The van der Waals surface area contributed by atoms with E-state index < -0.39 is 11.5 Å². The molecular weight excluding hydrogens is 306 g/mol. The van der Waals surface area contributed by atoms with E-state index in [2.05, 4.69) is 10.4 Å². The first kappa shape index (κ1) is 16.3. The van der Waals surface area contributed by atoms with Gasteiger partial charge >= 0.3 is 5.97 Å². The van der Waals surface area contributed by atoms with Gasteiger partial charge in [0.1, 0.15) is 12.5 Å². The first-order chi connectivity index (χ1) is 10.3. The number of ether oxygens (including phenoxy) is 1. The second-order valence-corrected chi connectivity index (χ2v) is 5.89. The van der Waals surface area contributed by atoms with Crippen LogP contribution in [0, 0.1) is 0 Å². The minimum Gasteiger partial charge on any atom is -0.462 e. The molecule has 1 aromatic carbocycles. The topological polar surface area (TPSA) is 73.2 Å². The van der Waals surface area contributed by atoms with Crippen LogP contribution in [0.5, 0.6) is 0 Å². The molecule has 0 aliphatic heterocycles. The van der Waals surface area contributed by atoms with E-state index in [1.54, 1.807) is 25.6 Å². The molecule has 1 aromatic heterocycles. The summed E-state index contributed by atoms with van der Waals surface area (Å²) in [7, 11) is 1.78. The van der Waals surface area contributed by atoms with Crippen LogP contribution in [0.2, 0.25) is 0 Å². The van der Waals surface area contributed by atoms with Gasteiger partial charge in [-0.1, -0.05) is 18.2 Å².